The molecule has 0 atom stereocenters. The first-order chi connectivity index (χ1) is 5.95. The van der Waals surface area contributed by atoms with Crippen LogP contribution in [-0.4, -0.2) is 4.98 Å². The largest absolute Gasteiger partial charge is 0.349 e. The molecular weight excluding hydrogens is 180 g/mol. The van der Waals surface area contributed by atoms with Gasteiger partial charge in [-0.15, -0.1) is 0 Å². The predicted molar refractivity (Wildman–Crippen MR) is 58.2 cm³/mol. The monoisotopic (exact) mass is 196 g/mol. The maximum absolute atomic E-state index is 5.52. The lowest BCUT2D eigenvalue weighted by Gasteiger charge is -2.18. The number of H-pyrrole nitrogens is 1. The smallest absolute Gasteiger partial charge is 0.107 e. The van der Waals surface area contributed by atoms with Crippen LogP contribution in [0.1, 0.15) is 32.0 Å². The highest BCUT2D eigenvalue weighted by Gasteiger charge is 2.13. The molecule has 0 saturated heterocycles. The van der Waals surface area contributed by atoms with Crippen LogP contribution in [0.25, 0.3) is 0 Å². The molecule has 72 valence electrons. The van der Waals surface area contributed by atoms with Crippen molar-refractivity contribution in [3.63, 3.8) is 0 Å². The van der Waals surface area contributed by atoms with E-state index in [9.17, 15) is 0 Å². The fourth-order valence-electron chi connectivity index (χ4n) is 1.10. The van der Waals surface area contributed by atoms with Crippen molar-refractivity contribution in [3.8, 4) is 0 Å². The SMILES string of the molecule is CC(C)(C)c1ccc(CN)c(=S)[nH]1. The van der Waals surface area contributed by atoms with Gasteiger partial charge >= 0.3 is 0 Å². The minimum absolute atomic E-state index is 0.112. The molecule has 0 unspecified atom stereocenters. The molecule has 1 heterocycles. The van der Waals surface area contributed by atoms with Gasteiger partial charge in [-0.25, -0.2) is 0 Å². The van der Waals surface area contributed by atoms with Crippen molar-refractivity contribution in [3.05, 3.63) is 28.0 Å². The summed E-state index contributed by atoms with van der Waals surface area (Å²) >= 11 is 5.17. The zero-order chi connectivity index (χ0) is 10.1. The number of hydrogen-bond donors (Lipinski definition) is 2. The summed E-state index contributed by atoms with van der Waals surface area (Å²) in [4.78, 5) is 3.20. The van der Waals surface area contributed by atoms with Crippen molar-refractivity contribution in [1.29, 1.82) is 0 Å². The molecule has 1 aromatic heterocycles. The Balaban J connectivity index is 3.18. The highest BCUT2D eigenvalue weighted by atomic mass is 32.1. The Morgan fingerprint density at radius 2 is 2.00 bits per heavy atom. The third kappa shape index (κ3) is 2.39. The molecule has 1 aromatic rings. The van der Waals surface area contributed by atoms with E-state index in [0.717, 1.165) is 15.9 Å². The van der Waals surface area contributed by atoms with Crippen molar-refractivity contribution in [1.82, 2.24) is 4.98 Å². The summed E-state index contributed by atoms with van der Waals surface area (Å²) in [7, 11) is 0. The summed E-state index contributed by atoms with van der Waals surface area (Å²) in [5, 5.41) is 0. The third-order valence-electron chi connectivity index (χ3n) is 2.02. The molecule has 2 nitrogen and oxygen atoms in total. The molecule has 0 aliphatic rings. The molecule has 0 radical (unpaired) electrons. The maximum atomic E-state index is 5.52. The average Bonchev–Trinajstić information content (AvgIpc) is 2.02. The first kappa shape index (κ1) is 10.4. The molecule has 1 rings (SSSR count). The fraction of sp³-hybridized carbons (Fsp3) is 0.500. The summed E-state index contributed by atoms with van der Waals surface area (Å²) in [5.41, 5.74) is 7.79. The van der Waals surface area contributed by atoms with Crippen LogP contribution in [0.4, 0.5) is 0 Å². The van der Waals surface area contributed by atoms with Crippen molar-refractivity contribution in [2.75, 3.05) is 0 Å². The van der Waals surface area contributed by atoms with Gasteiger partial charge in [0.2, 0.25) is 0 Å². The van der Waals surface area contributed by atoms with Crippen LogP contribution in [0.15, 0.2) is 12.1 Å². The second-order valence-electron chi connectivity index (χ2n) is 4.18. The van der Waals surface area contributed by atoms with E-state index in [1.807, 2.05) is 6.07 Å². The number of aromatic amines is 1. The van der Waals surface area contributed by atoms with Crippen LogP contribution in [0, 0.1) is 4.64 Å². The lowest BCUT2D eigenvalue weighted by molar-refractivity contribution is 0.567. The van der Waals surface area contributed by atoms with Gasteiger partial charge in [0.25, 0.3) is 0 Å². The van der Waals surface area contributed by atoms with Crippen LogP contribution in [0.3, 0.4) is 0 Å². The molecule has 0 aliphatic heterocycles. The molecule has 0 saturated carbocycles. The first-order valence-electron chi connectivity index (χ1n) is 4.38. The normalized spacial score (nSPS) is 11.7. The van der Waals surface area contributed by atoms with Gasteiger partial charge in [0.05, 0.1) is 0 Å². The number of nitrogens with one attached hydrogen (secondary N) is 1. The van der Waals surface area contributed by atoms with E-state index in [0.29, 0.717) is 6.54 Å². The molecule has 0 bridgehead atoms. The third-order valence-corrected chi connectivity index (χ3v) is 2.38. The quantitative estimate of drug-likeness (QED) is 0.678. The van der Waals surface area contributed by atoms with E-state index in [4.69, 9.17) is 18.0 Å². The number of hydrogen-bond acceptors (Lipinski definition) is 2. The molecule has 3 heteroatoms. The molecule has 3 N–H and O–H groups in total. The minimum atomic E-state index is 0.112. The van der Waals surface area contributed by atoms with Gasteiger partial charge in [0.1, 0.15) is 4.64 Å². The Morgan fingerprint density at radius 1 is 1.38 bits per heavy atom. The molecule has 0 aromatic carbocycles. The van der Waals surface area contributed by atoms with Crippen LogP contribution in [-0.2, 0) is 12.0 Å². The maximum Gasteiger partial charge on any atom is 0.107 e. The minimum Gasteiger partial charge on any atom is -0.349 e. The van der Waals surface area contributed by atoms with Crippen molar-refractivity contribution < 1.29 is 0 Å². The van der Waals surface area contributed by atoms with Crippen molar-refractivity contribution >= 4 is 12.2 Å². The van der Waals surface area contributed by atoms with Gasteiger partial charge in [0.15, 0.2) is 0 Å². The van der Waals surface area contributed by atoms with Crippen LogP contribution in [0.5, 0.6) is 0 Å². The summed E-state index contributed by atoms with van der Waals surface area (Å²) in [6.45, 7) is 6.95. The van der Waals surface area contributed by atoms with Crippen LogP contribution in [0.2, 0.25) is 0 Å². The Labute approximate surface area is 84.2 Å². The highest BCUT2D eigenvalue weighted by molar-refractivity contribution is 7.71. The number of pyridine rings is 1. The molecule has 0 amide bonds. The van der Waals surface area contributed by atoms with Crippen LogP contribution < -0.4 is 5.73 Å². The van der Waals surface area contributed by atoms with Gasteiger partial charge in [-0.1, -0.05) is 39.1 Å². The predicted octanol–water partition coefficient (Wildman–Crippen LogP) is 2.50. The second kappa shape index (κ2) is 3.60. The van der Waals surface area contributed by atoms with E-state index in [2.05, 4.69) is 31.8 Å². The molecule has 0 aliphatic carbocycles. The zero-order valence-electron chi connectivity index (χ0n) is 8.35. The molecule has 0 spiro atoms. The Morgan fingerprint density at radius 3 is 2.38 bits per heavy atom. The van der Waals surface area contributed by atoms with Crippen molar-refractivity contribution in [2.45, 2.75) is 32.7 Å². The second-order valence-corrected chi connectivity index (χ2v) is 4.59. The van der Waals surface area contributed by atoms with Crippen molar-refractivity contribution in [2.24, 2.45) is 5.73 Å². The average molecular weight is 196 g/mol. The van der Waals surface area contributed by atoms with Gasteiger partial charge in [-0.2, -0.15) is 0 Å². The topological polar surface area (TPSA) is 41.8 Å². The number of nitrogens with two attached hydrogens (primary N) is 1. The molecule has 0 fully saturated rings. The first-order valence-corrected chi connectivity index (χ1v) is 4.78. The van der Waals surface area contributed by atoms with E-state index < -0.39 is 0 Å². The lowest BCUT2D eigenvalue weighted by Crippen LogP contribution is -2.14. The standard InChI is InChI=1S/C10H16N2S/c1-10(2,3)8-5-4-7(6-11)9(13)12-8/h4-5H,6,11H2,1-3H3,(H,12,13). The van der Waals surface area contributed by atoms with E-state index in [1.54, 1.807) is 0 Å². The number of rotatable bonds is 1. The van der Waals surface area contributed by atoms with Crippen LogP contribution >= 0.6 is 12.2 Å². The lowest BCUT2D eigenvalue weighted by atomic mass is 9.91. The summed E-state index contributed by atoms with van der Waals surface area (Å²) in [5.74, 6) is 0. The fourth-order valence-corrected chi connectivity index (χ4v) is 1.36. The number of aromatic nitrogens is 1. The van der Waals surface area contributed by atoms with E-state index in [-0.39, 0.29) is 5.41 Å². The molecule has 13 heavy (non-hydrogen) atoms. The van der Waals surface area contributed by atoms with E-state index >= 15 is 0 Å². The summed E-state index contributed by atoms with van der Waals surface area (Å²) < 4.78 is 0.759. The van der Waals surface area contributed by atoms with Gasteiger partial charge < -0.3 is 10.7 Å². The van der Waals surface area contributed by atoms with Gasteiger partial charge in [0, 0.05) is 23.2 Å². The molecular formula is C10H16N2S. The Hall–Kier alpha value is -0.670. The summed E-state index contributed by atoms with van der Waals surface area (Å²) in [6, 6.07) is 4.05. The van der Waals surface area contributed by atoms with E-state index in [1.165, 1.54) is 0 Å². The Kier molecular flexibility index (Phi) is 2.88. The van der Waals surface area contributed by atoms with Gasteiger partial charge in [-0.05, 0) is 6.07 Å². The Bertz CT molecular complexity index is 347. The van der Waals surface area contributed by atoms with Gasteiger partial charge in [-0.3, -0.25) is 0 Å². The highest BCUT2D eigenvalue weighted by Crippen LogP contribution is 2.20. The zero-order valence-corrected chi connectivity index (χ0v) is 9.16. The summed E-state index contributed by atoms with van der Waals surface area (Å²) in [6.07, 6.45) is 0.